The van der Waals surface area contributed by atoms with E-state index in [0.717, 1.165) is 11.3 Å². The number of hydrogen-bond donors (Lipinski definition) is 1. The molecule has 4 heteroatoms. The van der Waals surface area contributed by atoms with E-state index < -0.39 is 0 Å². The first kappa shape index (κ1) is 17.1. The molecule has 1 fully saturated rings. The van der Waals surface area contributed by atoms with Crippen molar-refractivity contribution in [2.75, 3.05) is 0 Å². The molecule has 2 aliphatic carbocycles. The summed E-state index contributed by atoms with van der Waals surface area (Å²) < 4.78 is 26.7. The molecule has 1 saturated carbocycles. The topological polar surface area (TPSA) is 38.7 Å². The van der Waals surface area contributed by atoms with E-state index in [4.69, 9.17) is 9.47 Å². The van der Waals surface area contributed by atoms with Crippen molar-refractivity contribution in [3.63, 3.8) is 0 Å². The van der Waals surface area contributed by atoms with Gasteiger partial charge in [-0.15, -0.1) is 0 Å². The van der Waals surface area contributed by atoms with Gasteiger partial charge in [0.25, 0.3) is 0 Å². The van der Waals surface area contributed by atoms with Crippen LogP contribution in [0, 0.1) is 5.82 Å². The van der Waals surface area contributed by atoms with Crippen molar-refractivity contribution < 1.29 is 19.0 Å². The van der Waals surface area contributed by atoms with Gasteiger partial charge < -0.3 is 14.6 Å². The highest BCUT2D eigenvalue weighted by Gasteiger charge is 2.31. The number of aromatic hydroxyl groups is 1. The molecule has 0 radical (unpaired) electrons. The zero-order valence-electron chi connectivity index (χ0n) is 15.4. The van der Waals surface area contributed by atoms with E-state index in [1.165, 1.54) is 24.5 Å². The number of hydrogen-bond acceptors (Lipinski definition) is 3. The standard InChI is InChI=1S/C24H21FO3/c25-21-12-14-22(27-19-9-5-17(26)6-10-19)20-11-13-23(24(20)21)28-18-7-3-16(4-8-18)15-1-2-15/h3-10,12,14-15,23,26H,1-2,11,13H2. The normalized spacial score (nSPS) is 18.0. The van der Waals surface area contributed by atoms with Crippen LogP contribution in [0.5, 0.6) is 23.0 Å². The lowest BCUT2D eigenvalue weighted by atomic mass is 10.1. The Balaban J connectivity index is 1.38. The predicted molar refractivity (Wildman–Crippen MR) is 105 cm³/mol. The molecular formula is C24H21FO3. The molecule has 0 amide bonds. The lowest BCUT2D eigenvalue weighted by molar-refractivity contribution is 0.203. The summed E-state index contributed by atoms with van der Waals surface area (Å²) in [6.45, 7) is 0. The van der Waals surface area contributed by atoms with Crippen LogP contribution < -0.4 is 9.47 Å². The van der Waals surface area contributed by atoms with Crippen LogP contribution in [-0.2, 0) is 6.42 Å². The molecule has 0 heterocycles. The van der Waals surface area contributed by atoms with E-state index in [1.54, 1.807) is 30.3 Å². The Kier molecular flexibility index (Phi) is 4.19. The minimum absolute atomic E-state index is 0.179. The van der Waals surface area contributed by atoms with Crippen LogP contribution in [0.2, 0.25) is 0 Å². The van der Waals surface area contributed by atoms with E-state index in [9.17, 15) is 9.50 Å². The lowest BCUT2D eigenvalue weighted by Crippen LogP contribution is -2.06. The molecule has 1 N–H and O–H groups in total. The molecule has 0 bridgehead atoms. The number of rotatable bonds is 5. The van der Waals surface area contributed by atoms with Gasteiger partial charge >= 0.3 is 0 Å². The number of ether oxygens (including phenoxy) is 2. The molecule has 2 aliphatic rings. The summed E-state index contributed by atoms with van der Waals surface area (Å²) in [5.74, 6) is 2.64. The molecule has 0 saturated heterocycles. The molecule has 0 spiro atoms. The highest BCUT2D eigenvalue weighted by molar-refractivity contribution is 5.48. The molecule has 3 aromatic carbocycles. The Morgan fingerprint density at radius 1 is 0.821 bits per heavy atom. The molecule has 3 nitrogen and oxygen atoms in total. The summed E-state index contributed by atoms with van der Waals surface area (Å²) >= 11 is 0. The maximum Gasteiger partial charge on any atom is 0.131 e. The second-order valence-electron chi connectivity index (χ2n) is 7.52. The van der Waals surface area contributed by atoms with Crippen molar-refractivity contribution >= 4 is 0 Å². The third kappa shape index (κ3) is 3.31. The van der Waals surface area contributed by atoms with E-state index >= 15 is 0 Å². The van der Waals surface area contributed by atoms with E-state index in [2.05, 4.69) is 12.1 Å². The number of fused-ring (bicyclic) bond motifs is 1. The van der Waals surface area contributed by atoms with Crippen molar-refractivity contribution in [2.24, 2.45) is 0 Å². The maximum absolute atomic E-state index is 14.6. The van der Waals surface area contributed by atoms with Crippen LogP contribution in [0.4, 0.5) is 4.39 Å². The van der Waals surface area contributed by atoms with E-state index in [-0.39, 0.29) is 17.7 Å². The quantitative estimate of drug-likeness (QED) is 0.570. The predicted octanol–water partition coefficient (Wildman–Crippen LogP) is 6.27. The summed E-state index contributed by atoms with van der Waals surface area (Å²) in [7, 11) is 0. The highest BCUT2D eigenvalue weighted by atomic mass is 19.1. The maximum atomic E-state index is 14.6. The fourth-order valence-corrected chi connectivity index (χ4v) is 3.90. The van der Waals surface area contributed by atoms with Crippen molar-refractivity contribution in [1.29, 1.82) is 0 Å². The van der Waals surface area contributed by atoms with Gasteiger partial charge in [0.2, 0.25) is 0 Å². The van der Waals surface area contributed by atoms with Crippen molar-refractivity contribution in [1.82, 2.24) is 0 Å². The minimum Gasteiger partial charge on any atom is -0.508 e. The zero-order chi connectivity index (χ0) is 19.1. The molecule has 3 aromatic rings. The highest BCUT2D eigenvalue weighted by Crippen LogP contribution is 2.43. The average molecular weight is 376 g/mol. The summed E-state index contributed by atoms with van der Waals surface area (Å²) in [6.07, 6.45) is 3.64. The summed E-state index contributed by atoms with van der Waals surface area (Å²) in [5, 5.41) is 9.42. The van der Waals surface area contributed by atoms with Crippen LogP contribution in [0.1, 0.15) is 48.0 Å². The first-order valence-corrected chi connectivity index (χ1v) is 9.72. The van der Waals surface area contributed by atoms with Crippen LogP contribution in [-0.4, -0.2) is 5.11 Å². The Labute approximate surface area is 163 Å². The summed E-state index contributed by atoms with van der Waals surface area (Å²) in [6, 6.07) is 17.8. The SMILES string of the molecule is Oc1ccc(Oc2ccc(F)c3c2CCC3Oc2ccc(C3CC3)cc2)cc1. The van der Waals surface area contributed by atoms with Gasteiger partial charge in [-0.1, -0.05) is 12.1 Å². The van der Waals surface area contributed by atoms with E-state index in [0.29, 0.717) is 35.8 Å². The van der Waals surface area contributed by atoms with Gasteiger partial charge in [0.1, 0.15) is 34.9 Å². The van der Waals surface area contributed by atoms with Gasteiger partial charge in [-0.3, -0.25) is 0 Å². The largest absolute Gasteiger partial charge is 0.508 e. The fraction of sp³-hybridized carbons (Fsp3) is 0.250. The molecular weight excluding hydrogens is 355 g/mol. The third-order valence-electron chi connectivity index (χ3n) is 5.51. The Morgan fingerprint density at radius 2 is 1.54 bits per heavy atom. The Bertz CT molecular complexity index is 992. The zero-order valence-corrected chi connectivity index (χ0v) is 15.4. The monoisotopic (exact) mass is 376 g/mol. The molecule has 1 unspecified atom stereocenters. The van der Waals surface area contributed by atoms with Crippen molar-refractivity contribution in [3.8, 4) is 23.0 Å². The van der Waals surface area contributed by atoms with Gasteiger partial charge in [-0.2, -0.15) is 0 Å². The fourth-order valence-electron chi connectivity index (χ4n) is 3.90. The van der Waals surface area contributed by atoms with Gasteiger partial charge in [0.05, 0.1) is 0 Å². The molecule has 0 aliphatic heterocycles. The van der Waals surface area contributed by atoms with Gasteiger partial charge in [-0.05, 0) is 85.7 Å². The first-order valence-electron chi connectivity index (χ1n) is 9.72. The van der Waals surface area contributed by atoms with Gasteiger partial charge in [0.15, 0.2) is 0 Å². The number of halogens is 1. The number of phenolic OH excluding ortho intramolecular Hbond substituents is 1. The lowest BCUT2D eigenvalue weighted by Gasteiger charge is -2.17. The molecule has 1 atom stereocenters. The molecule has 5 rings (SSSR count). The Hall–Kier alpha value is -3.01. The third-order valence-corrected chi connectivity index (χ3v) is 5.51. The van der Waals surface area contributed by atoms with Crippen molar-refractivity contribution in [2.45, 2.75) is 37.7 Å². The van der Waals surface area contributed by atoms with Crippen LogP contribution in [0.25, 0.3) is 0 Å². The summed E-state index contributed by atoms with van der Waals surface area (Å²) in [4.78, 5) is 0. The van der Waals surface area contributed by atoms with Gasteiger partial charge in [0, 0.05) is 11.1 Å². The van der Waals surface area contributed by atoms with Crippen molar-refractivity contribution in [3.05, 3.63) is 83.2 Å². The van der Waals surface area contributed by atoms with Gasteiger partial charge in [-0.25, -0.2) is 4.39 Å². The number of benzene rings is 3. The molecule has 0 aromatic heterocycles. The van der Waals surface area contributed by atoms with Crippen LogP contribution in [0.3, 0.4) is 0 Å². The van der Waals surface area contributed by atoms with Crippen LogP contribution in [0.15, 0.2) is 60.7 Å². The second-order valence-corrected chi connectivity index (χ2v) is 7.52. The molecule has 28 heavy (non-hydrogen) atoms. The second kappa shape index (κ2) is 6.86. The smallest absolute Gasteiger partial charge is 0.131 e. The molecule has 142 valence electrons. The average Bonchev–Trinajstić information content (AvgIpc) is 3.47. The van der Waals surface area contributed by atoms with E-state index in [1.807, 2.05) is 12.1 Å². The Morgan fingerprint density at radius 3 is 2.25 bits per heavy atom. The number of phenols is 1. The first-order chi connectivity index (χ1) is 13.7. The van der Waals surface area contributed by atoms with Crippen LogP contribution >= 0.6 is 0 Å². The minimum atomic E-state index is -0.315. The summed E-state index contributed by atoms with van der Waals surface area (Å²) in [5.41, 5.74) is 2.80.